The van der Waals surface area contributed by atoms with E-state index in [-0.39, 0.29) is 11.7 Å². The van der Waals surface area contributed by atoms with Crippen molar-refractivity contribution >= 4 is 28.0 Å². The number of carbonyl (C=O) groups is 1. The van der Waals surface area contributed by atoms with Crippen LogP contribution in [0, 0.1) is 11.7 Å². The summed E-state index contributed by atoms with van der Waals surface area (Å²) in [6.45, 7) is 4.18. The van der Waals surface area contributed by atoms with E-state index >= 15 is 0 Å². The molecule has 2 heterocycles. The van der Waals surface area contributed by atoms with Crippen molar-refractivity contribution in [3.05, 3.63) is 41.7 Å². The van der Waals surface area contributed by atoms with Gasteiger partial charge in [-0.15, -0.1) is 11.3 Å². The molecule has 1 amide bonds. The smallest absolute Gasteiger partial charge is 0.225 e. The van der Waals surface area contributed by atoms with Crippen LogP contribution < -0.4 is 5.32 Å². The molecule has 120 valence electrons. The van der Waals surface area contributed by atoms with Crippen LogP contribution in [0.25, 0.3) is 16.2 Å². The molecule has 0 unspecified atom stereocenters. The molecule has 2 aromatic heterocycles. The van der Waals surface area contributed by atoms with Crippen LogP contribution in [0.2, 0.25) is 0 Å². The van der Waals surface area contributed by atoms with Gasteiger partial charge in [-0.05, 0) is 36.6 Å². The van der Waals surface area contributed by atoms with Gasteiger partial charge in [0.25, 0.3) is 0 Å². The minimum Gasteiger partial charge on any atom is -0.310 e. The van der Waals surface area contributed by atoms with Gasteiger partial charge < -0.3 is 5.32 Å². The van der Waals surface area contributed by atoms with Crippen molar-refractivity contribution in [3.8, 4) is 11.3 Å². The monoisotopic (exact) mass is 331 g/mol. The normalized spacial score (nSPS) is 11.3. The zero-order valence-electron chi connectivity index (χ0n) is 13.0. The fraction of sp³-hybridized carbons (Fsp3) is 0.294. The molecule has 0 saturated carbocycles. The van der Waals surface area contributed by atoms with E-state index in [1.54, 1.807) is 12.1 Å². The van der Waals surface area contributed by atoms with Crippen LogP contribution in [-0.2, 0) is 4.79 Å². The Morgan fingerprint density at radius 1 is 1.35 bits per heavy atom. The highest BCUT2D eigenvalue weighted by atomic mass is 32.1. The molecule has 0 atom stereocenters. The first kappa shape index (κ1) is 15.7. The number of anilines is 1. The van der Waals surface area contributed by atoms with Crippen molar-refractivity contribution in [1.82, 2.24) is 9.38 Å². The SMILES string of the molecule is CC(C)CCC(=O)Nc1c(-c2ccc(F)cc2)nc2sccn12. The third-order valence-electron chi connectivity index (χ3n) is 3.59. The van der Waals surface area contributed by atoms with Gasteiger partial charge in [-0.3, -0.25) is 9.20 Å². The van der Waals surface area contributed by atoms with E-state index in [1.165, 1.54) is 23.5 Å². The summed E-state index contributed by atoms with van der Waals surface area (Å²) >= 11 is 1.49. The highest BCUT2D eigenvalue weighted by Crippen LogP contribution is 2.31. The second-order valence-corrected chi connectivity index (χ2v) is 6.73. The fourth-order valence-corrected chi connectivity index (χ4v) is 3.04. The lowest BCUT2D eigenvalue weighted by Crippen LogP contribution is -2.14. The van der Waals surface area contributed by atoms with Crippen LogP contribution in [0.1, 0.15) is 26.7 Å². The molecule has 0 bridgehead atoms. The lowest BCUT2D eigenvalue weighted by molar-refractivity contribution is -0.116. The van der Waals surface area contributed by atoms with Crippen molar-refractivity contribution in [1.29, 1.82) is 0 Å². The largest absolute Gasteiger partial charge is 0.310 e. The minimum absolute atomic E-state index is 0.0324. The molecular formula is C17H18FN3OS. The number of aromatic nitrogens is 2. The van der Waals surface area contributed by atoms with Gasteiger partial charge in [-0.25, -0.2) is 9.37 Å². The highest BCUT2D eigenvalue weighted by Gasteiger charge is 2.17. The zero-order valence-corrected chi connectivity index (χ0v) is 13.9. The van der Waals surface area contributed by atoms with Gasteiger partial charge in [0, 0.05) is 23.6 Å². The lowest BCUT2D eigenvalue weighted by Gasteiger charge is -2.08. The molecular weight excluding hydrogens is 313 g/mol. The summed E-state index contributed by atoms with van der Waals surface area (Å²) in [5.74, 6) is 0.790. The van der Waals surface area contributed by atoms with Gasteiger partial charge in [0.1, 0.15) is 17.3 Å². The number of fused-ring (bicyclic) bond motifs is 1. The van der Waals surface area contributed by atoms with E-state index in [9.17, 15) is 9.18 Å². The number of carbonyl (C=O) groups excluding carboxylic acids is 1. The molecule has 0 aliphatic carbocycles. The zero-order chi connectivity index (χ0) is 16.4. The van der Waals surface area contributed by atoms with E-state index in [2.05, 4.69) is 24.1 Å². The van der Waals surface area contributed by atoms with Crippen LogP contribution in [0.3, 0.4) is 0 Å². The summed E-state index contributed by atoms with van der Waals surface area (Å²) in [6.07, 6.45) is 3.18. The number of halogens is 1. The Hall–Kier alpha value is -2.21. The summed E-state index contributed by atoms with van der Waals surface area (Å²) < 4.78 is 15.0. The average molecular weight is 331 g/mol. The number of amides is 1. The van der Waals surface area contributed by atoms with Crippen LogP contribution in [0.4, 0.5) is 10.2 Å². The predicted molar refractivity (Wildman–Crippen MR) is 91.2 cm³/mol. The number of hydrogen-bond acceptors (Lipinski definition) is 3. The number of imidazole rings is 1. The minimum atomic E-state index is -0.294. The standard InChI is InChI=1S/C17H18FN3OS/c1-11(2)3-8-14(22)19-16-15(12-4-6-13(18)7-5-12)20-17-21(16)9-10-23-17/h4-7,9-11H,3,8H2,1-2H3,(H,19,22). The topological polar surface area (TPSA) is 46.4 Å². The van der Waals surface area contributed by atoms with Crippen molar-refractivity contribution in [2.45, 2.75) is 26.7 Å². The second-order valence-electron chi connectivity index (χ2n) is 5.85. The van der Waals surface area contributed by atoms with E-state index in [0.29, 0.717) is 23.9 Å². The van der Waals surface area contributed by atoms with Crippen LogP contribution in [-0.4, -0.2) is 15.3 Å². The van der Waals surface area contributed by atoms with E-state index in [1.807, 2.05) is 16.0 Å². The fourth-order valence-electron chi connectivity index (χ4n) is 2.33. The number of hydrogen-bond donors (Lipinski definition) is 1. The molecule has 0 fully saturated rings. The van der Waals surface area contributed by atoms with Gasteiger partial charge in [-0.2, -0.15) is 0 Å². The van der Waals surface area contributed by atoms with E-state index in [0.717, 1.165) is 16.9 Å². The van der Waals surface area contributed by atoms with Crippen molar-refractivity contribution in [2.24, 2.45) is 5.92 Å². The molecule has 0 saturated heterocycles. The lowest BCUT2D eigenvalue weighted by atomic mass is 10.1. The number of rotatable bonds is 5. The van der Waals surface area contributed by atoms with Crippen molar-refractivity contribution in [3.63, 3.8) is 0 Å². The maximum absolute atomic E-state index is 13.1. The molecule has 23 heavy (non-hydrogen) atoms. The molecule has 0 aliphatic heterocycles. The summed E-state index contributed by atoms with van der Waals surface area (Å²) in [5, 5.41) is 4.88. The van der Waals surface area contributed by atoms with Gasteiger partial charge in [0.05, 0.1) is 0 Å². The first-order valence-electron chi connectivity index (χ1n) is 7.56. The summed E-state index contributed by atoms with van der Waals surface area (Å²) in [7, 11) is 0. The Morgan fingerprint density at radius 3 is 2.78 bits per heavy atom. The Labute approximate surface area is 138 Å². The van der Waals surface area contributed by atoms with E-state index < -0.39 is 0 Å². The van der Waals surface area contributed by atoms with Gasteiger partial charge in [0.15, 0.2) is 4.96 Å². The molecule has 1 N–H and O–H groups in total. The van der Waals surface area contributed by atoms with Gasteiger partial charge in [-0.1, -0.05) is 13.8 Å². The Kier molecular flexibility index (Phi) is 4.43. The van der Waals surface area contributed by atoms with Crippen LogP contribution >= 0.6 is 11.3 Å². The molecule has 0 aliphatic rings. The Bertz CT molecular complexity index is 820. The quantitative estimate of drug-likeness (QED) is 0.744. The van der Waals surface area contributed by atoms with Crippen molar-refractivity contribution in [2.75, 3.05) is 5.32 Å². The summed E-state index contributed by atoms with van der Waals surface area (Å²) in [4.78, 5) is 17.6. The molecule has 0 radical (unpaired) electrons. The maximum atomic E-state index is 13.1. The number of nitrogens with zero attached hydrogens (tertiary/aromatic N) is 2. The third-order valence-corrected chi connectivity index (χ3v) is 4.34. The average Bonchev–Trinajstić information content (AvgIpc) is 3.09. The van der Waals surface area contributed by atoms with Gasteiger partial charge >= 0.3 is 0 Å². The van der Waals surface area contributed by atoms with Crippen LogP contribution in [0.15, 0.2) is 35.8 Å². The third kappa shape index (κ3) is 3.42. The van der Waals surface area contributed by atoms with Crippen molar-refractivity contribution < 1.29 is 9.18 Å². The predicted octanol–water partition coefficient (Wildman–Crippen LogP) is 4.58. The van der Waals surface area contributed by atoms with Crippen LogP contribution in [0.5, 0.6) is 0 Å². The maximum Gasteiger partial charge on any atom is 0.225 e. The summed E-state index contributed by atoms with van der Waals surface area (Å²) in [6, 6.07) is 6.14. The second kappa shape index (κ2) is 6.50. The molecule has 1 aromatic carbocycles. The molecule has 3 aromatic rings. The van der Waals surface area contributed by atoms with E-state index in [4.69, 9.17) is 0 Å². The molecule has 6 heteroatoms. The molecule has 3 rings (SSSR count). The first-order chi connectivity index (χ1) is 11.0. The number of benzene rings is 1. The Balaban J connectivity index is 1.94. The number of nitrogens with one attached hydrogen (secondary N) is 1. The summed E-state index contributed by atoms with van der Waals surface area (Å²) in [5.41, 5.74) is 1.44. The number of thiazole rings is 1. The van der Waals surface area contributed by atoms with Gasteiger partial charge in [0.2, 0.25) is 5.91 Å². The Morgan fingerprint density at radius 2 is 2.09 bits per heavy atom. The molecule has 0 spiro atoms. The highest BCUT2D eigenvalue weighted by molar-refractivity contribution is 7.15. The molecule has 4 nitrogen and oxygen atoms in total. The first-order valence-corrected chi connectivity index (χ1v) is 8.44.